The molecule has 1 aliphatic rings. The number of halogens is 1. The highest BCUT2D eigenvalue weighted by Gasteiger charge is 2.25. The Hall–Kier alpha value is -1.39. The first-order chi connectivity index (χ1) is 11.1. The van der Waals surface area contributed by atoms with Crippen molar-refractivity contribution < 1.29 is 9.21 Å². The molecule has 3 nitrogen and oxygen atoms in total. The highest BCUT2D eigenvalue weighted by atomic mass is 35.5. The minimum absolute atomic E-state index is 0.0692. The zero-order chi connectivity index (χ0) is 16.4. The second-order valence-corrected chi connectivity index (χ2v) is 7.51. The summed E-state index contributed by atoms with van der Waals surface area (Å²) in [5.41, 5.74) is 1.85. The fraction of sp³-hybridized carbons (Fsp3) is 0.389. The third-order valence-electron chi connectivity index (χ3n) is 4.15. The van der Waals surface area contributed by atoms with Crippen LogP contribution < -0.4 is 0 Å². The van der Waals surface area contributed by atoms with Crippen molar-refractivity contribution in [3.8, 4) is 0 Å². The molecule has 0 aliphatic carbocycles. The SMILES string of the molecule is Cc1cc(C(=O)N2CCS[C@@H](c3ccccc3Cl)CC2)c(C)o1. The smallest absolute Gasteiger partial charge is 0.257 e. The van der Waals surface area contributed by atoms with E-state index in [1.165, 1.54) is 5.56 Å². The zero-order valence-corrected chi connectivity index (χ0v) is 14.9. The summed E-state index contributed by atoms with van der Waals surface area (Å²) in [5, 5.41) is 1.15. The Balaban J connectivity index is 1.73. The number of carbonyl (C=O) groups is 1. The van der Waals surface area contributed by atoms with E-state index in [1.807, 2.05) is 54.8 Å². The topological polar surface area (TPSA) is 33.5 Å². The Kier molecular flexibility index (Phi) is 5.02. The van der Waals surface area contributed by atoms with E-state index in [4.69, 9.17) is 16.0 Å². The maximum absolute atomic E-state index is 12.7. The molecule has 23 heavy (non-hydrogen) atoms. The lowest BCUT2D eigenvalue weighted by molar-refractivity contribution is 0.0765. The Bertz CT molecular complexity index is 713. The molecule has 0 spiro atoms. The van der Waals surface area contributed by atoms with E-state index in [-0.39, 0.29) is 5.91 Å². The molecule has 122 valence electrons. The van der Waals surface area contributed by atoms with Gasteiger partial charge in [-0.2, -0.15) is 11.8 Å². The summed E-state index contributed by atoms with van der Waals surface area (Å²) >= 11 is 8.20. The number of amides is 1. The molecule has 1 aromatic carbocycles. The van der Waals surface area contributed by atoms with Gasteiger partial charge in [-0.25, -0.2) is 0 Å². The van der Waals surface area contributed by atoms with Crippen molar-refractivity contribution in [2.24, 2.45) is 0 Å². The number of hydrogen-bond acceptors (Lipinski definition) is 3. The summed E-state index contributed by atoms with van der Waals surface area (Å²) in [6, 6.07) is 9.82. The molecular weight excluding hydrogens is 330 g/mol. The number of hydrogen-bond donors (Lipinski definition) is 0. The lowest BCUT2D eigenvalue weighted by Crippen LogP contribution is -2.33. The van der Waals surface area contributed by atoms with E-state index in [2.05, 4.69) is 6.07 Å². The molecule has 0 radical (unpaired) electrons. The first-order valence-corrected chi connectivity index (χ1v) is 9.21. The van der Waals surface area contributed by atoms with E-state index in [1.54, 1.807) is 0 Å². The second-order valence-electron chi connectivity index (χ2n) is 5.79. The summed E-state index contributed by atoms with van der Waals surface area (Å²) in [7, 11) is 0. The maximum Gasteiger partial charge on any atom is 0.257 e. The Morgan fingerprint density at radius 1 is 1.30 bits per heavy atom. The Morgan fingerprint density at radius 2 is 2.09 bits per heavy atom. The fourth-order valence-electron chi connectivity index (χ4n) is 2.97. The molecule has 0 saturated carbocycles. The van der Waals surface area contributed by atoms with Crippen LogP contribution in [-0.4, -0.2) is 29.6 Å². The van der Waals surface area contributed by atoms with Gasteiger partial charge in [-0.1, -0.05) is 29.8 Å². The third-order valence-corrected chi connectivity index (χ3v) is 5.81. The quantitative estimate of drug-likeness (QED) is 0.775. The van der Waals surface area contributed by atoms with Crippen LogP contribution in [-0.2, 0) is 0 Å². The van der Waals surface area contributed by atoms with Crippen molar-refractivity contribution in [3.63, 3.8) is 0 Å². The number of benzene rings is 1. The molecule has 1 saturated heterocycles. The van der Waals surface area contributed by atoms with E-state index in [0.29, 0.717) is 16.6 Å². The third kappa shape index (κ3) is 3.59. The highest BCUT2D eigenvalue weighted by molar-refractivity contribution is 7.99. The number of aryl methyl sites for hydroxylation is 2. The largest absolute Gasteiger partial charge is 0.466 e. The summed E-state index contributed by atoms with van der Waals surface area (Å²) in [4.78, 5) is 14.7. The molecule has 1 atom stereocenters. The number of thioether (sulfide) groups is 1. The first kappa shape index (κ1) is 16.5. The van der Waals surface area contributed by atoms with Crippen LogP contribution in [0.25, 0.3) is 0 Å². The van der Waals surface area contributed by atoms with Crippen LogP contribution in [0.1, 0.15) is 39.1 Å². The minimum Gasteiger partial charge on any atom is -0.466 e. The van der Waals surface area contributed by atoms with Gasteiger partial charge in [0.05, 0.1) is 5.56 Å². The maximum atomic E-state index is 12.7. The van der Waals surface area contributed by atoms with E-state index >= 15 is 0 Å². The summed E-state index contributed by atoms with van der Waals surface area (Å²) in [6.07, 6.45) is 0.913. The molecule has 0 unspecified atom stereocenters. The molecule has 2 heterocycles. The van der Waals surface area contributed by atoms with Gasteiger partial charge in [0.1, 0.15) is 11.5 Å². The van der Waals surface area contributed by atoms with Crippen LogP contribution in [0.5, 0.6) is 0 Å². The summed E-state index contributed by atoms with van der Waals surface area (Å²) < 4.78 is 5.49. The van der Waals surface area contributed by atoms with Crippen LogP contribution >= 0.6 is 23.4 Å². The molecule has 3 rings (SSSR count). The Morgan fingerprint density at radius 3 is 2.78 bits per heavy atom. The van der Waals surface area contributed by atoms with Crippen molar-refractivity contribution in [2.75, 3.05) is 18.8 Å². The average Bonchev–Trinajstić information content (AvgIpc) is 2.74. The molecule has 0 bridgehead atoms. The number of nitrogens with zero attached hydrogens (tertiary/aromatic N) is 1. The van der Waals surface area contributed by atoms with E-state index < -0.39 is 0 Å². The first-order valence-electron chi connectivity index (χ1n) is 7.78. The molecule has 0 N–H and O–H groups in total. The van der Waals surface area contributed by atoms with Crippen LogP contribution in [0.15, 0.2) is 34.7 Å². The number of carbonyl (C=O) groups excluding carboxylic acids is 1. The minimum atomic E-state index is 0.0692. The van der Waals surface area contributed by atoms with Gasteiger partial charge in [-0.15, -0.1) is 0 Å². The normalized spacial score (nSPS) is 18.7. The standard InChI is InChI=1S/C18H20ClNO2S/c1-12-11-15(13(2)22-12)18(21)20-8-7-17(23-10-9-20)14-5-3-4-6-16(14)19/h3-6,11,17H,7-10H2,1-2H3/t17-/m1/s1. The molecule has 1 aliphatic heterocycles. The van der Waals surface area contributed by atoms with Crippen LogP contribution in [0.2, 0.25) is 5.02 Å². The van der Waals surface area contributed by atoms with Gasteiger partial charge in [-0.3, -0.25) is 4.79 Å². The van der Waals surface area contributed by atoms with Gasteiger partial charge in [0.15, 0.2) is 0 Å². The van der Waals surface area contributed by atoms with Gasteiger partial charge in [0.25, 0.3) is 5.91 Å². The molecular formula is C18H20ClNO2S. The van der Waals surface area contributed by atoms with E-state index in [0.717, 1.165) is 36.0 Å². The van der Waals surface area contributed by atoms with Crippen molar-refractivity contribution in [1.82, 2.24) is 4.90 Å². The molecule has 5 heteroatoms. The average molecular weight is 350 g/mol. The van der Waals surface area contributed by atoms with Crippen molar-refractivity contribution in [3.05, 3.63) is 58.0 Å². The lowest BCUT2D eigenvalue weighted by Gasteiger charge is -2.20. The number of furan rings is 1. The van der Waals surface area contributed by atoms with Gasteiger partial charge in [0.2, 0.25) is 0 Å². The van der Waals surface area contributed by atoms with Gasteiger partial charge < -0.3 is 9.32 Å². The van der Waals surface area contributed by atoms with Crippen LogP contribution in [0, 0.1) is 13.8 Å². The van der Waals surface area contributed by atoms with Crippen LogP contribution in [0.3, 0.4) is 0 Å². The number of rotatable bonds is 2. The fourth-order valence-corrected chi connectivity index (χ4v) is 4.57. The van der Waals surface area contributed by atoms with Gasteiger partial charge >= 0.3 is 0 Å². The van der Waals surface area contributed by atoms with E-state index in [9.17, 15) is 4.79 Å². The molecule has 1 amide bonds. The van der Waals surface area contributed by atoms with Crippen molar-refractivity contribution in [1.29, 1.82) is 0 Å². The zero-order valence-electron chi connectivity index (χ0n) is 13.3. The second kappa shape index (κ2) is 7.02. The van der Waals surface area contributed by atoms with Crippen molar-refractivity contribution in [2.45, 2.75) is 25.5 Å². The predicted octanol–water partition coefficient (Wildman–Crippen LogP) is 4.87. The highest BCUT2D eigenvalue weighted by Crippen LogP contribution is 2.38. The molecule has 2 aromatic rings. The summed E-state index contributed by atoms with van der Waals surface area (Å²) in [5.74, 6) is 2.47. The summed E-state index contributed by atoms with van der Waals surface area (Å²) in [6.45, 7) is 5.22. The monoisotopic (exact) mass is 349 g/mol. The van der Waals surface area contributed by atoms with Gasteiger partial charge in [0, 0.05) is 29.1 Å². The predicted molar refractivity (Wildman–Crippen MR) is 95.4 cm³/mol. The molecule has 1 aromatic heterocycles. The van der Waals surface area contributed by atoms with Crippen LogP contribution in [0.4, 0.5) is 0 Å². The lowest BCUT2D eigenvalue weighted by atomic mass is 10.1. The van der Waals surface area contributed by atoms with Gasteiger partial charge in [-0.05, 0) is 38.0 Å². The van der Waals surface area contributed by atoms with Crippen molar-refractivity contribution >= 4 is 29.3 Å². The molecule has 1 fully saturated rings. The Labute approximate surface area is 146 Å².